The molecule has 0 spiro atoms. The predicted molar refractivity (Wildman–Crippen MR) is 83.1 cm³/mol. The maximum atomic E-state index is 6.02. The lowest BCUT2D eigenvalue weighted by Gasteiger charge is -2.23. The molecule has 1 atom stereocenters. The van der Waals surface area contributed by atoms with Gasteiger partial charge in [0.05, 0.1) is 18.0 Å². The molecule has 0 amide bonds. The summed E-state index contributed by atoms with van der Waals surface area (Å²) in [5, 5.41) is 3.53. The van der Waals surface area contributed by atoms with Gasteiger partial charge in [-0.3, -0.25) is 4.98 Å². The summed E-state index contributed by atoms with van der Waals surface area (Å²) in [6.45, 7) is 5.43. The Bertz CT molecular complexity index is 371. The fraction of sp³-hybridized carbons (Fsp3) is 0.706. The van der Waals surface area contributed by atoms with Crippen LogP contribution in [0.25, 0.3) is 0 Å². The van der Waals surface area contributed by atoms with Crippen LogP contribution in [0.5, 0.6) is 5.75 Å². The predicted octanol–water partition coefficient (Wildman–Crippen LogP) is 4.24. The van der Waals surface area contributed by atoms with Crippen LogP contribution < -0.4 is 10.1 Å². The molecular weight excluding hydrogens is 248 g/mol. The summed E-state index contributed by atoms with van der Waals surface area (Å²) in [6, 6.07) is 4.54. The minimum Gasteiger partial charge on any atom is -0.489 e. The molecule has 0 aromatic carbocycles. The molecule has 20 heavy (non-hydrogen) atoms. The normalized spacial score (nSPS) is 17.9. The van der Waals surface area contributed by atoms with Gasteiger partial charge in [0.1, 0.15) is 5.75 Å². The Kier molecular flexibility index (Phi) is 6.31. The highest BCUT2D eigenvalue weighted by molar-refractivity contribution is 5.22. The average Bonchev–Trinajstić information content (AvgIpc) is 2.50. The third-order valence-electron chi connectivity index (χ3n) is 4.02. The number of rotatable bonds is 7. The molecule has 1 aliphatic rings. The van der Waals surface area contributed by atoms with Crippen molar-refractivity contribution in [2.24, 2.45) is 0 Å². The first-order chi connectivity index (χ1) is 9.83. The molecule has 2 rings (SSSR count). The van der Waals surface area contributed by atoms with Crippen molar-refractivity contribution in [2.45, 2.75) is 70.9 Å². The summed E-state index contributed by atoms with van der Waals surface area (Å²) in [5.41, 5.74) is 1.12. The van der Waals surface area contributed by atoms with Crippen molar-refractivity contribution in [3.63, 3.8) is 0 Å². The van der Waals surface area contributed by atoms with Crippen molar-refractivity contribution in [2.75, 3.05) is 6.54 Å². The summed E-state index contributed by atoms with van der Waals surface area (Å²) >= 11 is 0. The lowest BCUT2D eigenvalue weighted by atomic mass is 9.98. The highest BCUT2D eigenvalue weighted by Gasteiger charge is 2.15. The molecule has 0 radical (unpaired) electrons. The Morgan fingerprint density at radius 3 is 2.65 bits per heavy atom. The minimum absolute atomic E-state index is 0.360. The van der Waals surface area contributed by atoms with Gasteiger partial charge in [-0.25, -0.2) is 0 Å². The van der Waals surface area contributed by atoms with Gasteiger partial charge in [0, 0.05) is 6.04 Å². The number of aromatic nitrogens is 1. The molecule has 1 heterocycles. The second-order valence-corrected chi connectivity index (χ2v) is 5.71. The smallest absolute Gasteiger partial charge is 0.138 e. The summed E-state index contributed by atoms with van der Waals surface area (Å²) in [4.78, 5) is 4.58. The van der Waals surface area contributed by atoms with E-state index in [2.05, 4.69) is 36.3 Å². The summed E-state index contributed by atoms with van der Waals surface area (Å²) in [6.07, 6.45) is 10.9. The van der Waals surface area contributed by atoms with Crippen molar-refractivity contribution in [3.05, 3.63) is 24.0 Å². The van der Waals surface area contributed by atoms with E-state index in [4.69, 9.17) is 4.74 Å². The lowest BCUT2D eigenvalue weighted by Crippen LogP contribution is -2.22. The molecule has 0 saturated heterocycles. The van der Waals surface area contributed by atoms with E-state index >= 15 is 0 Å². The first-order valence-electron chi connectivity index (χ1n) is 8.19. The molecule has 3 nitrogen and oxygen atoms in total. The quantitative estimate of drug-likeness (QED) is 0.808. The van der Waals surface area contributed by atoms with Crippen molar-refractivity contribution >= 4 is 0 Å². The molecule has 1 aromatic heterocycles. The van der Waals surface area contributed by atoms with Gasteiger partial charge >= 0.3 is 0 Å². The molecule has 1 saturated carbocycles. The number of pyridine rings is 1. The second-order valence-electron chi connectivity index (χ2n) is 5.71. The van der Waals surface area contributed by atoms with Crippen molar-refractivity contribution in [3.8, 4) is 5.75 Å². The number of nitrogens with one attached hydrogen (secondary N) is 1. The molecule has 0 bridgehead atoms. The van der Waals surface area contributed by atoms with Crippen LogP contribution in [0.2, 0.25) is 0 Å². The fourth-order valence-electron chi connectivity index (χ4n) is 2.82. The Morgan fingerprint density at radius 2 is 2.05 bits per heavy atom. The van der Waals surface area contributed by atoms with Crippen LogP contribution in [0.3, 0.4) is 0 Å². The maximum Gasteiger partial charge on any atom is 0.138 e. The molecule has 0 aliphatic heterocycles. The third kappa shape index (κ3) is 4.48. The van der Waals surface area contributed by atoms with Crippen molar-refractivity contribution in [1.29, 1.82) is 0 Å². The Labute approximate surface area is 123 Å². The van der Waals surface area contributed by atoms with Crippen LogP contribution in [0.4, 0.5) is 0 Å². The zero-order valence-electron chi connectivity index (χ0n) is 12.9. The minimum atomic E-state index is 0.360. The third-order valence-corrected chi connectivity index (χ3v) is 4.02. The van der Waals surface area contributed by atoms with Crippen LogP contribution in [0, 0.1) is 0 Å². The maximum absolute atomic E-state index is 6.02. The van der Waals surface area contributed by atoms with Gasteiger partial charge in [0.2, 0.25) is 0 Å². The number of hydrogen-bond donors (Lipinski definition) is 1. The summed E-state index contributed by atoms with van der Waals surface area (Å²) in [7, 11) is 0. The van der Waals surface area contributed by atoms with Crippen molar-refractivity contribution in [1.82, 2.24) is 10.3 Å². The Hall–Kier alpha value is -1.09. The highest BCUT2D eigenvalue weighted by atomic mass is 16.5. The Morgan fingerprint density at radius 1 is 1.25 bits per heavy atom. The standard InChI is InChI=1S/C17H28N2O/c1-3-12-18-16(4-2)17-11-10-15(13-19-17)20-14-8-6-5-7-9-14/h10-11,13-14,16,18H,3-9,12H2,1-2H3. The number of ether oxygens (including phenoxy) is 1. The van der Waals surface area contributed by atoms with Gasteiger partial charge in [-0.2, -0.15) is 0 Å². The monoisotopic (exact) mass is 276 g/mol. The van der Waals surface area contributed by atoms with Gasteiger partial charge in [0.15, 0.2) is 0 Å². The fourth-order valence-corrected chi connectivity index (χ4v) is 2.82. The van der Waals surface area contributed by atoms with Gasteiger partial charge in [-0.05, 0) is 57.2 Å². The summed E-state index contributed by atoms with van der Waals surface area (Å²) in [5.74, 6) is 0.922. The molecule has 3 heteroatoms. The number of nitrogens with zero attached hydrogens (tertiary/aromatic N) is 1. The summed E-state index contributed by atoms with van der Waals surface area (Å²) < 4.78 is 6.02. The van der Waals surface area contributed by atoms with E-state index in [0.29, 0.717) is 12.1 Å². The zero-order chi connectivity index (χ0) is 14.2. The van der Waals surface area contributed by atoms with E-state index < -0.39 is 0 Å². The van der Waals surface area contributed by atoms with E-state index in [-0.39, 0.29) is 0 Å². The molecule has 112 valence electrons. The molecule has 1 aliphatic carbocycles. The van der Waals surface area contributed by atoms with E-state index in [1.807, 2.05) is 6.20 Å². The van der Waals surface area contributed by atoms with Crippen LogP contribution in [0.15, 0.2) is 18.3 Å². The van der Waals surface area contributed by atoms with Crippen LogP contribution >= 0.6 is 0 Å². The van der Waals surface area contributed by atoms with Crippen LogP contribution in [-0.4, -0.2) is 17.6 Å². The van der Waals surface area contributed by atoms with E-state index in [1.54, 1.807) is 0 Å². The largest absolute Gasteiger partial charge is 0.489 e. The van der Waals surface area contributed by atoms with Crippen molar-refractivity contribution < 1.29 is 4.74 Å². The van der Waals surface area contributed by atoms with E-state index in [0.717, 1.165) is 30.8 Å². The van der Waals surface area contributed by atoms with Gasteiger partial charge in [0.25, 0.3) is 0 Å². The zero-order valence-corrected chi connectivity index (χ0v) is 12.9. The molecule has 1 unspecified atom stereocenters. The molecule has 1 fully saturated rings. The van der Waals surface area contributed by atoms with Gasteiger partial charge in [-0.15, -0.1) is 0 Å². The molecule has 1 N–H and O–H groups in total. The van der Waals surface area contributed by atoms with Gasteiger partial charge < -0.3 is 10.1 Å². The topological polar surface area (TPSA) is 34.1 Å². The van der Waals surface area contributed by atoms with Gasteiger partial charge in [-0.1, -0.05) is 20.3 Å². The molecular formula is C17H28N2O. The van der Waals surface area contributed by atoms with Crippen LogP contribution in [0.1, 0.15) is 70.5 Å². The first-order valence-corrected chi connectivity index (χ1v) is 8.19. The SMILES string of the molecule is CCCNC(CC)c1ccc(OC2CCCCC2)cn1. The first kappa shape index (κ1) is 15.3. The average molecular weight is 276 g/mol. The highest BCUT2D eigenvalue weighted by Crippen LogP contribution is 2.24. The lowest BCUT2D eigenvalue weighted by molar-refractivity contribution is 0.154. The molecule has 1 aromatic rings. The van der Waals surface area contributed by atoms with E-state index in [9.17, 15) is 0 Å². The second kappa shape index (κ2) is 8.25. The Balaban J connectivity index is 1.90. The number of hydrogen-bond acceptors (Lipinski definition) is 3. The van der Waals surface area contributed by atoms with E-state index in [1.165, 1.54) is 32.1 Å². The van der Waals surface area contributed by atoms with Crippen LogP contribution in [-0.2, 0) is 0 Å².